The smallest absolute Gasteiger partial charge is 0.322 e. The normalized spacial score (nSPS) is 12.0. The number of hydrogen-bond acceptors (Lipinski definition) is 5. The van der Waals surface area contributed by atoms with Gasteiger partial charge in [0.2, 0.25) is 0 Å². The van der Waals surface area contributed by atoms with Crippen LogP contribution in [0, 0.1) is 0 Å². The van der Waals surface area contributed by atoms with Gasteiger partial charge in [-0.15, -0.1) is 0 Å². The third-order valence-corrected chi connectivity index (χ3v) is 2.79. The summed E-state index contributed by atoms with van der Waals surface area (Å²) in [6.45, 7) is 2.00. The highest BCUT2D eigenvalue weighted by molar-refractivity contribution is 5.76. The van der Waals surface area contributed by atoms with Gasteiger partial charge in [-0.2, -0.15) is 0 Å². The van der Waals surface area contributed by atoms with Crippen LogP contribution in [0.2, 0.25) is 0 Å². The SMILES string of the molecule is CCc1cc(CC(N)C(=O)OC)c(O)c(OC)c1. The van der Waals surface area contributed by atoms with Crippen molar-refractivity contribution in [1.82, 2.24) is 0 Å². The van der Waals surface area contributed by atoms with Crippen LogP contribution in [0.25, 0.3) is 0 Å². The van der Waals surface area contributed by atoms with E-state index in [1.165, 1.54) is 14.2 Å². The molecule has 0 spiro atoms. The van der Waals surface area contributed by atoms with Gasteiger partial charge >= 0.3 is 5.97 Å². The summed E-state index contributed by atoms with van der Waals surface area (Å²) in [5.41, 5.74) is 7.28. The van der Waals surface area contributed by atoms with Gasteiger partial charge < -0.3 is 20.3 Å². The number of carbonyl (C=O) groups excluding carboxylic acids is 1. The maximum Gasteiger partial charge on any atom is 0.322 e. The third kappa shape index (κ3) is 3.13. The van der Waals surface area contributed by atoms with Crippen molar-refractivity contribution in [3.05, 3.63) is 23.3 Å². The largest absolute Gasteiger partial charge is 0.504 e. The molecule has 0 aliphatic carbocycles. The fraction of sp³-hybridized carbons (Fsp3) is 0.462. The number of phenolic OH excluding ortho intramolecular Hbond substituents is 1. The van der Waals surface area contributed by atoms with E-state index in [9.17, 15) is 9.90 Å². The van der Waals surface area contributed by atoms with Gasteiger partial charge in [0.1, 0.15) is 6.04 Å². The van der Waals surface area contributed by atoms with Crippen molar-refractivity contribution in [2.45, 2.75) is 25.8 Å². The number of carbonyl (C=O) groups is 1. The first-order chi connectivity index (χ1) is 8.53. The van der Waals surface area contributed by atoms with Crippen molar-refractivity contribution in [2.75, 3.05) is 14.2 Å². The number of phenols is 1. The lowest BCUT2D eigenvalue weighted by Gasteiger charge is -2.14. The second-order valence-corrected chi connectivity index (χ2v) is 3.99. The second-order valence-electron chi connectivity index (χ2n) is 3.99. The number of ether oxygens (including phenoxy) is 2. The molecule has 1 aromatic carbocycles. The summed E-state index contributed by atoms with van der Waals surface area (Å²) in [6.07, 6.45) is 1.01. The fourth-order valence-electron chi connectivity index (χ4n) is 1.72. The van der Waals surface area contributed by atoms with Crippen LogP contribution in [0.3, 0.4) is 0 Å². The van der Waals surface area contributed by atoms with Gasteiger partial charge in [-0.3, -0.25) is 4.79 Å². The van der Waals surface area contributed by atoms with Crippen LogP contribution < -0.4 is 10.5 Å². The number of nitrogens with two attached hydrogens (primary N) is 1. The Bertz CT molecular complexity index is 431. The van der Waals surface area contributed by atoms with E-state index >= 15 is 0 Å². The molecule has 0 saturated heterocycles. The first-order valence-electron chi connectivity index (χ1n) is 5.75. The third-order valence-electron chi connectivity index (χ3n) is 2.79. The van der Waals surface area contributed by atoms with Gasteiger partial charge in [0, 0.05) is 12.0 Å². The molecule has 0 amide bonds. The van der Waals surface area contributed by atoms with Crippen LogP contribution in [0.5, 0.6) is 11.5 Å². The molecule has 0 radical (unpaired) electrons. The quantitative estimate of drug-likeness (QED) is 0.765. The van der Waals surface area contributed by atoms with Gasteiger partial charge in [-0.05, 0) is 18.1 Å². The summed E-state index contributed by atoms with van der Waals surface area (Å²) in [5, 5.41) is 9.98. The molecular weight excluding hydrogens is 234 g/mol. The Labute approximate surface area is 107 Å². The Morgan fingerprint density at radius 3 is 2.61 bits per heavy atom. The topological polar surface area (TPSA) is 81.8 Å². The molecule has 1 aromatic rings. The molecular formula is C13H19NO4. The van der Waals surface area contributed by atoms with Crippen molar-refractivity contribution in [3.63, 3.8) is 0 Å². The van der Waals surface area contributed by atoms with E-state index in [1.54, 1.807) is 6.07 Å². The minimum absolute atomic E-state index is 0.0223. The van der Waals surface area contributed by atoms with Gasteiger partial charge in [0.25, 0.3) is 0 Å². The second kappa shape index (κ2) is 6.26. The van der Waals surface area contributed by atoms with E-state index in [1.807, 2.05) is 13.0 Å². The van der Waals surface area contributed by atoms with Crippen LogP contribution in [-0.2, 0) is 22.4 Å². The first-order valence-corrected chi connectivity index (χ1v) is 5.75. The van der Waals surface area contributed by atoms with Gasteiger partial charge in [0.05, 0.1) is 14.2 Å². The van der Waals surface area contributed by atoms with Gasteiger partial charge in [0.15, 0.2) is 11.5 Å². The maximum atomic E-state index is 11.3. The lowest BCUT2D eigenvalue weighted by Crippen LogP contribution is -2.33. The van der Waals surface area contributed by atoms with Crippen LogP contribution in [0.1, 0.15) is 18.1 Å². The highest BCUT2D eigenvalue weighted by atomic mass is 16.5. The minimum Gasteiger partial charge on any atom is -0.504 e. The van der Waals surface area contributed by atoms with E-state index in [0.29, 0.717) is 11.3 Å². The molecule has 0 aromatic heterocycles. The molecule has 0 fully saturated rings. The maximum absolute atomic E-state index is 11.3. The van der Waals surface area contributed by atoms with Crippen molar-refractivity contribution >= 4 is 5.97 Å². The molecule has 3 N–H and O–H groups in total. The Kier molecular flexibility index (Phi) is 4.97. The Balaban J connectivity index is 3.03. The van der Waals surface area contributed by atoms with Crippen molar-refractivity contribution in [2.24, 2.45) is 5.73 Å². The number of benzene rings is 1. The Hall–Kier alpha value is -1.75. The van der Waals surface area contributed by atoms with Crippen molar-refractivity contribution < 1.29 is 19.4 Å². The van der Waals surface area contributed by atoms with Crippen LogP contribution in [-0.4, -0.2) is 31.3 Å². The summed E-state index contributed by atoms with van der Waals surface area (Å²) in [5.74, 6) is -0.0919. The summed E-state index contributed by atoms with van der Waals surface area (Å²) in [4.78, 5) is 11.3. The molecule has 1 atom stereocenters. The van der Waals surface area contributed by atoms with Crippen LogP contribution in [0.15, 0.2) is 12.1 Å². The number of esters is 1. The van der Waals surface area contributed by atoms with Gasteiger partial charge in [-0.25, -0.2) is 0 Å². The summed E-state index contributed by atoms with van der Waals surface area (Å²) in [7, 11) is 2.77. The molecule has 0 saturated carbocycles. The Morgan fingerprint density at radius 1 is 1.44 bits per heavy atom. The predicted molar refractivity (Wildman–Crippen MR) is 67.7 cm³/mol. The monoisotopic (exact) mass is 253 g/mol. The number of hydrogen-bond donors (Lipinski definition) is 2. The van der Waals surface area contributed by atoms with Crippen molar-refractivity contribution in [1.29, 1.82) is 0 Å². The zero-order chi connectivity index (χ0) is 13.7. The number of methoxy groups -OCH3 is 2. The van der Waals surface area contributed by atoms with E-state index < -0.39 is 12.0 Å². The van der Waals surface area contributed by atoms with E-state index in [-0.39, 0.29) is 12.2 Å². The molecule has 5 heteroatoms. The van der Waals surface area contributed by atoms with Crippen LogP contribution in [0.4, 0.5) is 0 Å². The average molecular weight is 253 g/mol. The number of aromatic hydroxyl groups is 1. The molecule has 1 unspecified atom stereocenters. The minimum atomic E-state index is -0.794. The van der Waals surface area contributed by atoms with E-state index in [4.69, 9.17) is 10.5 Å². The molecule has 1 rings (SSSR count). The summed E-state index contributed by atoms with van der Waals surface area (Å²) >= 11 is 0. The molecule has 0 aliphatic rings. The molecule has 0 aliphatic heterocycles. The highest BCUT2D eigenvalue weighted by Crippen LogP contribution is 2.32. The Morgan fingerprint density at radius 2 is 2.11 bits per heavy atom. The molecule has 18 heavy (non-hydrogen) atoms. The number of aryl methyl sites for hydroxylation is 1. The zero-order valence-electron chi connectivity index (χ0n) is 10.9. The summed E-state index contributed by atoms with van der Waals surface area (Å²) in [6, 6.07) is 2.79. The molecule has 100 valence electrons. The fourth-order valence-corrected chi connectivity index (χ4v) is 1.72. The summed E-state index contributed by atoms with van der Waals surface area (Å²) < 4.78 is 9.65. The lowest BCUT2D eigenvalue weighted by molar-refractivity contribution is -0.142. The zero-order valence-corrected chi connectivity index (χ0v) is 10.9. The van der Waals surface area contributed by atoms with E-state index in [2.05, 4.69) is 4.74 Å². The molecule has 0 heterocycles. The molecule has 5 nitrogen and oxygen atoms in total. The standard InChI is InChI=1S/C13H19NO4/c1-4-8-5-9(7-10(14)13(16)18-3)12(15)11(6-8)17-2/h5-6,10,15H,4,7,14H2,1-3H3. The average Bonchev–Trinajstić information content (AvgIpc) is 2.39. The highest BCUT2D eigenvalue weighted by Gasteiger charge is 2.18. The van der Waals surface area contributed by atoms with Crippen molar-refractivity contribution in [3.8, 4) is 11.5 Å². The van der Waals surface area contributed by atoms with Gasteiger partial charge in [-0.1, -0.05) is 13.0 Å². The predicted octanol–water partition coefficient (Wildman–Crippen LogP) is 1.01. The molecule has 0 bridgehead atoms. The lowest BCUT2D eigenvalue weighted by atomic mass is 10.0. The van der Waals surface area contributed by atoms with Crippen LogP contribution >= 0.6 is 0 Å². The van der Waals surface area contributed by atoms with E-state index in [0.717, 1.165) is 12.0 Å². The first kappa shape index (κ1) is 14.3. The number of rotatable bonds is 5.